The summed E-state index contributed by atoms with van der Waals surface area (Å²) < 4.78 is 28.8. The third-order valence-electron chi connectivity index (χ3n) is 3.55. The fourth-order valence-corrected chi connectivity index (χ4v) is 2.47. The van der Waals surface area contributed by atoms with Gasteiger partial charge in [-0.1, -0.05) is 30.3 Å². The molecule has 0 amide bonds. The molecule has 0 aliphatic rings. The predicted molar refractivity (Wildman–Crippen MR) is 82.3 cm³/mol. The van der Waals surface area contributed by atoms with Gasteiger partial charge in [-0.15, -0.1) is 0 Å². The molecule has 116 valence electrons. The lowest BCUT2D eigenvalue weighted by atomic mass is 10.1. The van der Waals surface area contributed by atoms with Crippen molar-refractivity contribution in [2.75, 3.05) is 0 Å². The van der Waals surface area contributed by atoms with Crippen LogP contribution in [0.3, 0.4) is 0 Å². The molecule has 0 fully saturated rings. The minimum atomic E-state index is -1.12. The van der Waals surface area contributed by atoms with Gasteiger partial charge in [0, 0.05) is 23.9 Å². The molecule has 3 rings (SSSR count). The van der Waals surface area contributed by atoms with E-state index in [1.165, 1.54) is 16.8 Å². The number of carboxylic acids is 1. The first-order valence-electron chi connectivity index (χ1n) is 6.97. The van der Waals surface area contributed by atoms with Gasteiger partial charge in [-0.05, 0) is 29.8 Å². The van der Waals surface area contributed by atoms with Crippen LogP contribution in [0.1, 0.15) is 16.1 Å². The molecule has 0 spiro atoms. The molecule has 1 aromatic heterocycles. The number of aromatic carboxylic acids is 1. The number of benzene rings is 2. The van der Waals surface area contributed by atoms with Gasteiger partial charge < -0.3 is 9.67 Å². The maximum atomic E-state index is 13.9. The van der Waals surface area contributed by atoms with Crippen molar-refractivity contribution in [2.45, 2.75) is 6.54 Å². The van der Waals surface area contributed by atoms with Gasteiger partial charge in [0.05, 0.1) is 0 Å². The van der Waals surface area contributed by atoms with Gasteiger partial charge in [0.1, 0.15) is 17.3 Å². The van der Waals surface area contributed by atoms with Crippen molar-refractivity contribution < 1.29 is 18.7 Å². The lowest BCUT2D eigenvalue weighted by molar-refractivity contribution is 0.0685. The Morgan fingerprint density at radius 3 is 2.48 bits per heavy atom. The van der Waals surface area contributed by atoms with Crippen LogP contribution in [0.4, 0.5) is 8.78 Å². The second-order valence-electron chi connectivity index (χ2n) is 5.16. The van der Waals surface area contributed by atoms with Crippen molar-refractivity contribution in [3.63, 3.8) is 0 Å². The average molecular weight is 313 g/mol. The highest BCUT2D eigenvalue weighted by Crippen LogP contribution is 2.26. The SMILES string of the molecule is O=C(O)c1cc(-c2cc(F)ccc2F)cn1Cc1ccccc1. The molecule has 0 aliphatic carbocycles. The van der Waals surface area contributed by atoms with Gasteiger partial charge >= 0.3 is 5.97 Å². The fraction of sp³-hybridized carbons (Fsp3) is 0.0556. The van der Waals surface area contributed by atoms with Gasteiger partial charge in [0.2, 0.25) is 0 Å². The van der Waals surface area contributed by atoms with Crippen LogP contribution < -0.4 is 0 Å². The number of aromatic nitrogens is 1. The van der Waals surface area contributed by atoms with Crippen molar-refractivity contribution in [3.05, 3.63) is 83.7 Å². The van der Waals surface area contributed by atoms with E-state index in [2.05, 4.69) is 0 Å². The van der Waals surface area contributed by atoms with E-state index in [1.807, 2.05) is 30.3 Å². The smallest absolute Gasteiger partial charge is 0.352 e. The Kier molecular flexibility index (Phi) is 3.93. The summed E-state index contributed by atoms with van der Waals surface area (Å²) in [6, 6.07) is 13.8. The molecule has 0 saturated heterocycles. The summed E-state index contributed by atoms with van der Waals surface area (Å²) in [5.41, 5.74) is 1.30. The van der Waals surface area contributed by atoms with Crippen LogP contribution in [-0.4, -0.2) is 15.6 Å². The monoisotopic (exact) mass is 313 g/mol. The number of hydrogen-bond acceptors (Lipinski definition) is 1. The second-order valence-corrected chi connectivity index (χ2v) is 5.16. The van der Waals surface area contributed by atoms with Crippen molar-refractivity contribution in [1.29, 1.82) is 0 Å². The van der Waals surface area contributed by atoms with E-state index in [4.69, 9.17) is 0 Å². The molecule has 5 heteroatoms. The van der Waals surface area contributed by atoms with Gasteiger partial charge in [-0.3, -0.25) is 0 Å². The highest BCUT2D eigenvalue weighted by atomic mass is 19.1. The fourth-order valence-electron chi connectivity index (χ4n) is 2.47. The highest BCUT2D eigenvalue weighted by Gasteiger charge is 2.16. The minimum absolute atomic E-state index is 0.0208. The molecular formula is C18H13F2NO2. The quantitative estimate of drug-likeness (QED) is 0.785. The number of halogens is 2. The summed E-state index contributed by atoms with van der Waals surface area (Å²) in [6.45, 7) is 0.333. The number of carbonyl (C=O) groups is 1. The summed E-state index contributed by atoms with van der Waals surface area (Å²) in [7, 11) is 0. The normalized spacial score (nSPS) is 10.7. The molecule has 2 aromatic carbocycles. The number of nitrogens with zero attached hydrogens (tertiary/aromatic N) is 1. The number of carboxylic acid groups (broad SMARTS) is 1. The first-order chi connectivity index (χ1) is 11.0. The summed E-state index contributed by atoms with van der Waals surface area (Å²) in [5.74, 6) is -2.29. The zero-order valence-electron chi connectivity index (χ0n) is 12.0. The Hall–Kier alpha value is -2.95. The molecule has 0 saturated carbocycles. The van der Waals surface area contributed by atoms with Crippen molar-refractivity contribution in [1.82, 2.24) is 4.57 Å². The zero-order valence-corrected chi connectivity index (χ0v) is 12.0. The minimum Gasteiger partial charge on any atom is -0.477 e. The molecule has 0 radical (unpaired) electrons. The topological polar surface area (TPSA) is 42.2 Å². The Bertz CT molecular complexity index is 857. The van der Waals surface area contributed by atoms with E-state index in [9.17, 15) is 18.7 Å². The predicted octanol–water partition coefficient (Wildman–Crippen LogP) is 4.18. The summed E-state index contributed by atoms with van der Waals surface area (Å²) in [5, 5.41) is 9.34. The molecule has 1 heterocycles. The van der Waals surface area contributed by atoms with Gasteiger partial charge in [-0.2, -0.15) is 0 Å². The van der Waals surface area contributed by atoms with Crippen LogP contribution in [0.25, 0.3) is 11.1 Å². The van der Waals surface area contributed by atoms with Crippen LogP contribution in [0, 0.1) is 11.6 Å². The summed E-state index contributed by atoms with van der Waals surface area (Å²) in [4.78, 5) is 11.4. The molecule has 3 nitrogen and oxygen atoms in total. The first-order valence-corrected chi connectivity index (χ1v) is 6.97. The molecule has 0 aliphatic heterocycles. The number of hydrogen-bond donors (Lipinski definition) is 1. The van der Waals surface area contributed by atoms with E-state index in [1.54, 1.807) is 0 Å². The van der Waals surface area contributed by atoms with Crippen molar-refractivity contribution in [3.8, 4) is 11.1 Å². The Balaban J connectivity index is 2.05. The van der Waals surface area contributed by atoms with E-state index < -0.39 is 17.6 Å². The molecule has 1 N–H and O–H groups in total. The molecular weight excluding hydrogens is 300 g/mol. The van der Waals surface area contributed by atoms with Crippen LogP contribution in [0.15, 0.2) is 60.8 Å². The van der Waals surface area contributed by atoms with Crippen molar-refractivity contribution >= 4 is 5.97 Å². The standard InChI is InChI=1S/C18H13F2NO2/c19-14-6-7-16(20)15(9-14)13-8-17(18(22)23)21(11-13)10-12-4-2-1-3-5-12/h1-9,11H,10H2,(H,22,23). The number of rotatable bonds is 4. The lowest BCUT2D eigenvalue weighted by Crippen LogP contribution is -2.08. The third kappa shape index (κ3) is 3.13. The summed E-state index contributed by atoms with van der Waals surface area (Å²) in [6.07, 6.45) is 1.52. The van der Waals surface area contributed by atoms with Crippen LogP contribution in [0.5, 0.6) is 0 Å². The largest absolute Gasteiger partial charge is 0.477 e. The van der Waals surface area contributed by atoms with Crippen molar-refractivity contribution in [2.24, 2.45) is 0 Å². The van der Waals surface area contributed by atoms with E-state index in [-0.39, 0.29) is 11.3 Å². The van der Waals surface area contributed by atoms with E-state index in [0.29, 0.717) is 12.1 Å². The van der Waals surface area contributed by atoms with Crippen LogP contribution in [-0.2, 0) is 6.54 Å². The van der Waals surface area contributed by atoms with Gasteiger partial charge in [-0.25, -0.2) is 13.6 Å². The van der Waals surface area contributed by atoms with Crippen LogP contribution >= 0.6 is 0 Å². The average Bonchev–Trinajstić information content (AvgIpc) is 2.94. The Morgan fingerprint density at radius 2 is 1.78 bits per heavy atom. The Morgan fingerprint density at radius 1 is 1.04 bits per heavy atom. The lowest BCUT2D eigenvalue weighted by Gasteiger charge is -2.06. The second kappa shape index (κ2) is 6.04. The maximum absolute atomic E-state index is 13.9. The molecule has 0 bridgehead atoms. The van der Waals surface area contributed by atoms with E-state index in [0.717, 1.165) is 23.8 Å². The molecule has 3 aromatic rings. The zero-order chi connectivity index (χ0) is 16.4. The summed E-state index contributed by atoms with van der Waals surface area (Å²) >= 11 is 0. The molecule has 0 atom stereocenters. The third-order valence-corrected chi connectivity index (χ3v) is 3.55. The van der Waals surface area contributed by atoms with Crippen LogP contribution in [0.2, 0.25) is 0 Å². The van der Waals surface area contributed by atoms with E-state index >= 15 is 0 Å². The highest BCUT2D eigenvalue weighted by molar-refractivity contribution is 5.88. The Labute approximate surface area is 131 Å². The molecule has 23 heavy (non-hydrogen) atoms. The van der Waals surface area contributed by atoms with Gasteiger partial charge in [0.15, 0.2) is 0 Å². The van der Waals surface area contributed by atoms with Gasteiger partial charge in [0.25, 0.3) is 0 Å². The molecule has 0 unspecified atom stereocenters. The first kappa shape index (κ1) is 15.0. The maximum Gasteiger partial charge on any atom is 0.352 e.